The number of fused-ring (bicyclic) bond motifs is 3. The van der Waals surface area contributed by atoms with Crippen LogP contribution in [0.3, 0.4) is 0 Å². The van der Waals surface area contributed by atoms with E-state index >= 15 is 0 Å². The predicted octanol–water partition coefficient (Wildman–Crippen LogP) is 5.22. The summed E-state index contributed by atoms with van der Waals surface area (Å²) in [5.74, 6) is 1.31. The van der Waals surface area contributed by atoms with Crippen LogP contribution in [0.25, 0.3) is 0 Å². The molecule has 0 aromatic rings. The van der Waals surface area contributed by atoms with Gasteiger partial charge in [-0.1, -0.05) is 57.6 Å². The highest BCUT2D eigenvalue weighted by Gasteiger charge is 2.60. The van der Waals surface area contributed by atoms with E-state index in [1.807, 2.05) is 0 Å². The summed E-state index contributed by atoms with van der Waals surface area (Å²) in [6, 6.07) is 0.296. The molecule has 2 saturated carbocycles. The van der Waals surface area contributed by atoms with E-state index in [1.165, 1.54) is 50.5 Å². The van der Waals surface area contributed by atoms with E-state index in [0.717, 1.165) is 12.8 Å². The zero-order valence-electron chi connectivity index (χ0n) is 17.4. The van der Waals surface area contributed by atoms with Crippen molar-refractivity contribution in [1.29, 1.82) is 0 Å². The van der Waals surface area contributed by atoms with Gasteiger partial charge < -0.3 is 14.8 Å². The number of allylic oxidation sites excluding steroid dienone is 1. The van der Waals surface area contributed by atoms with Crippen LogP contribution in [0.15, 0.2) is 11.6 Å². The van der Waals surface area contributed by atoms with Crippen molar-refractivity contribution in [3.05, 3.63) is 11.6 Å². The molecule has 3 fully saturated rings. The van der Waals surface area contributed by atoms with Crippen LogP contribution in [0.4, 0.5) is 4.79 Å². The molecule has 1 N–H and O–H groups in total. The molecule has 4 atom stereocenters. The van der Waals surface area contributed by atoms with Crippen molar-refractivity contribution in [2.24, 2.45) is 23.2 Å². The Morgan fingerprint density at radius 2 is 1.89 bits per heavy atom. The number of rotatable bonds is 3. The van der Waals surface area contributed by atoms with Gasteiger partial charge in [0.15, 0.2) is 0 Å². The summed E-state index contributed by atoms with van der Waals surface area (Å²) in [5, 5.41) is 3.10. The lowest BCUT2D eigenvalue weighted by Gasteiger charge is -2.59. The average Bonchev–Trinajstić information content (AvgIpc) is 3.10. The summed E-state index contributed by atoms with van der Waals surface area (Å²) in [6.45, 7) is 8.11. The number of carbonyl (C=O) groups excluding carboxylic acids is 1. The SMILES string of the molecule is CC1=C[C@@H](C)[C@]2(COC(=O)NC3CCCCC3)COC3(CCCC3)[C@H]1[C@H]2C. The van der Waals surface area contributed by atoms with Crippen molar-refractivity contribution in [2.45, 2.75) is 90.2 Å². The minimum Gasteiger partial charge on any atom is -0.449 e. The Kier molecular flexibility index (Phi) is 5.30. The summed E-state index contributed by atoms with van der Waals surface area (Å²) in [6.07, 6.45) is 13.0. The van der Waals surface area contributed by atoms with Crippen molar-refractivity contribution in [2.75, 3.05) is 13.2 Å². The van der Waals surface area contributed by atoms with Gasteiger partial charge in [-0.15, -0.1) is 0 Å². The van der Waals surface area contributed by atoms with E-state index in [1.54, 1.807) is 0 Å². The lowest BCUT2D eigenvalue weighted by atomic mass is 9.53. The Morgan fingerprint density at radius 3 is 2.59 bits per heavy atom. The van der Waals surface area contributed by atoms with Crippen LogP contribution in [-0.4, -0.2) is 30.9 Å². The molecule has 27 heavy (non-hydrogen) atoms. The van der Waals surface area contributed by atoms with Gasteiger partial charge in [0.1, 0.15) is 6.61 Å². The molecule has 1 amide bonds. The first kappa shape index (κ1) is 19.3. The van der Waals surface area contributed by atoms with E-state index in [4.69, 9.17) is 9.47 Å². The highest BCUT2D eigenvalue weighted by atomic mass is 16.6. The fourth-order valence-corrected chi connectivity index (χ4v) is 6.69. The van der Waals surface area contributed by atoms with Crippen molar-refractivity contribution in [1.82, 2.24) is 5.32 Å². The smallest absolute Gasteiger partial charge is 0.407 e. The van der Waals surface area contributed by atoms with Gasteiger partial charge >= 0.3 is 6.09 Å². The lowest BCUT2D eigenvalue weighted by molar-refractivity contribution is -0.212. The van der Waals surface area contributed by atoms with Crippen LogP contribution in [-0.2, 0) is 9.47 Å². The number of nitrogens with one attached hydrogen (secondary N) is 1. The van der Waals surface area contributed by atoms with Crippen molar-refractivity contribution in [3.63, 3.8) is 0 Å². The minimum absolute atomic E-state index is 0.0357. The summed E-state index contributed by atoms with van der Waals surface area (Å²) in [4.78, 5) is 12.4. The Bertz CT molecular complexity index is 588. The maximum atomic E-state index is 12.4. The normalized spacial score (nSPS) is 38.5. The highest BCUT2D eigenvalue weighted by molar-refractivity contribution is 5.67. The Morgan fingerprint density at radius 1 is 1.19 bits per heavy atom. The van der Waals surface area contributed by atoms with Gasteiger partial charge in [-0.2, -0.15) is 0 Å². The molecule has 0 unspecified atom stereocenters. The van der Waals surface area contributed by atoms with E-state index < -0.39 is 0 Å². The van der Waals surface area contributed by atoms with Crippen molar-refractivity contribution < 1.29 is 14.3 Å². The van der Waals surface area contributed by atoms with Crippen LogP contribution in [0.2, 0.25) is 0 Å². The molecule has 2 bridgehead atoms. The molecule has 1 spiro atoms. The Balaban J connectivity index is 1.45. The minimum atomic E-state index is -0.236. The molecular weight excluding hydrogens is 338 g/mol. The van der Waals surface area contributed by atoms with E-state index in [-0.39, 0.29) is 17.1 Å². The number of alkyl carbamates (subject to hydrolysis) is 1. The molecule has 1 heterocycles. The predicted molar refractivity (Wildman–Crippen MR) is 107 cm³/mol. The molecule has 1 aliphatic heterocycles. The first-order valence-corrected chi connectivity index (χ1v) is 11.2. The summed E-state index contributed by atoms with van der Waals surface area (Å²) in [5.41, 5.74) is 1.43. The molecule has 4 nitrogen and oxygen atoms in total. The topological polar surface area (TPSA) is 47.6 Å². The standard InChI is InChI=1S/C23H37NO3/c1-16-13-17(2)22(14-26-21(25)24-19-9-5-4-6-10-19)15-27-23(11-7-8-12-23)20(16)18(22)3/h13,17-20H,4-12,14-15H2,1-3H3,(H,24,25)/t17-,18-,20-,22+/m1/s1. The van der Waals surface area contributed by atoms with Gasteiger partial charge in [-0.05, 0) is 44.4 Å². The fraction of sp³-hybridized carbons (Fsp3) is 0.870. The van der Waals surface area contributed by atoms with E-state index in [9.17, 15) is 4.79 Å². The average molecular weight is 376 g/mol. The maximum absolute atomic E-state index is 12.4. The van der Waals surface area contributed by atoms with Gasteiger partial charge in [0.05, 0.1) is 12.2 Å². The van der Waals surface area contributed by atoms with Crippen molar-refractivity contribution >= 4 is 6.09 Å². The molecule has 4 aliphatic rings. The molecule has 0 aromatic heterocycles. The third-order valence-electron chi connectivity index (χ3n) is 8.36. The Labute approximate surface area is 164 Å². The number of hydrogen-bond donors (Lipinski definition) is 1. The van der Waals surface area contributed by atoms with Gasteiger partial charge in [0, 0.05) is 17.4 Å². The molecule has 4 heteroatoms. The second-order valence-electron chi connectivity index (χ2n) is 9.81. The van der Waals surface area contributed by atoms with Gasteiger partial charge in [-0.3, -0.25) is 0 Å². The van der Waals surface area contributed by atoms with Crippen LogP contribution in [0, 0.1) is 23.2 Å². The quantitative estimate of drug-likeness (QED) is 0.688. The first-order chi connectivity index (χ1) is 13.0. The summed E-state index contributed by atoms with van der Waals surface area (Å²) >= 11 is 0. The van der Waals surface area contributed by atoms with Crippen LogP contribution in [0.1, 0.15) is 78.6 Å². The van der Waals surface area contributed by atoms with Gasteiger partial charge in [0.25, 0.3) is 0 Å². The number of ether oxygens (including phenoxy) is 2. The number of amides is 1. The molecule has 1 saturated heterocycles. The first-order valence-electron chi connectivity index (χ1n) is 11.2. The number of carbonyl (C=O) groups is 1. The molecule has 0 radical (unpaired) electrons. The maximum Gasteiger partial charge on any atom is 0.407 e. The van der Waals surface area contributed by atoms with Gasteiger partial charge in [-0.25, -0.2) is 4.79 Å². The monoisotopic (exact) mass is 375 g/mol. The van der Waals surface area contributed by atoms with Crippen LogP contribution < -0.4 is 5.32 Å². The van der Waals surface area contributed by atoms with Crippen LogP contribution >= 0.6 is 0 Å². The molecule has 152 valence electrons. The van der Waals surface area contributed by atoms with E-state index in [0.29, 0.717) is 37.0 Å². The summed E-state index contributed by atoms with van der Waals surface area (Å²) in [7, 11) is 0. The summed E-state index contributed by atoms with van der Waals surface area (Å²) < 4.78 is 12.5. The second-order valence-corrected chi connectivity index (χ2v) is 9.81. The van der Waals surface area contributed by atoms with Gasteiger partial charge in [0.2, 0.25) is 0 Å². The van der Waals surface area contributed by atoms with Crippen molar-refractivity contribution in [3.8, 4) is 0 Å². The third kappa shape index (κ3) is 3.32. The lowest BCUT2D eigenvalue weighted by Crippen LogP contribution is -2.61. The largest absolute Gasteiger partial charge is 0.449 e. The highest BCUT2D eigenvalue weighted by Crippen LogP contribution is 2.59. The fourth-order valence-electron chi connectivity index (χ4n) is 6.69. The Hall–Kier alpha value is -1.03. The molecule has 4 rings (SSSR count). The second kappa shape index (κ2) is 7.42. The van der Waals surface area contributed by atoms with E-state index in [2.05, 4.69) is 32.2 Å². The zero-order valence-corrected chi connectivity index (χ0v) is 17.4. The zero-order chi connectivity index (χ0) is 19.1. The third-order valence-corrected chi connectivity index (χ3v) is 8.36. The molecular formula is C23H37NO3. The molecule has 3 aliphatic carbocycles. The molecule has 0 aromatic carbocycles. The van der Waals surface area contributed by atoms with Crippen LogP contribution in [0.5, 0.6) is 0 Å². The number of hydrogen-bond acceptors (Lipinski definition) is 3.